The van der Waals surface area contributed by atoms with Gasteiger partial charge in [0.05, 0.1) is 12.8 Å². The number of carbonyl (C=O) groups excluding carboxylic acids is 1. The Morgan fingerprint density at radius 3 is 2.48 bits per heavy atom. The molecular formula is C24H24N4O5. The first-order chi connectivity index (χ1) is 16.2. The Kier molecular flexibility index (Phi) is 5.84. The van der Waals surface area contributed by atoms with Crippen molar-refractivity contribution in [3.63, 3.8) is 0 Å². The molecule has 3 aromatic rings. The van der Waals surface area contributed by atoms with Crippen LogP contribution in [0.1, 0.15) is 0 Å². The highest BCUT2D eigenvalue weighted by Gasteiger charge is 2.23. The molecule has 2 aliphatic heterocycles. The molecule has 0 atom stereocenters. The van der Waals surface area contributed by atoms with Crippen LogP contribution in [0.5, 0.6) is 23.0 Å². The summed E-state index contributed by atoms with van der Waals surface area (Å²) in [4.78, 5) is 16.5. The number of amides is 1. The average Bonchev–Trinajstić information content (AvgIpc) is 3.36. The molecule has 33 heavy (non-hydrogen) atoms. The number of para-hydroxylation sites is 2. The Bertz CT molecular complexity index is 1130. The number of aromatic nitrogens is 2. The maximum Gasteiger partial charge on any atom is 0.260 e. The van der Waals surface area contributed by atoms with E-state index in [1.165, 1.54) is 0 Å². The molecule has 9 heteroatoms. The van der Waals surface area contributed by atoms with Crippen molar-refractivity contribution in [1.29, 1.82) is 0 Å². The number of ether oxygens (including phenoxy) is 4. The second-order valence-corrected chi connectivity index (χ2v) is 7.65. The highest BCUT2D eigenvalue weighted by Crippen LogP contribution is 2.35. The number of benzene rings is 2. The zero-order chi connectivity index (χ0) is 22.6. The van der Waals surface area contributed by atoms with Crippen LogP contribution in [0, 0.1) is 0 Å². The van der Waals surface area contributed by atoms with Gasteiger partial charge < -0.3 is 28.7 Å². The summed E-state index contributed by atoms with van der Waals surface area (Å²) in [5.74, 6) is 3.36. The van der Waals surface area contributed by atoms with Gasteiger partial charge in [-0.25, -0.2) is 0 Å². The number of hydrogen-bond acceptors (Lipinski definition) is 8. The Morgan fingerprint density at radius 1 is 0.939 bits per heavy atom. The second kappa shape index (κ2) is 9.23. The van der Waals surface area contributed by atoms with Gasteiger partial charge in [-0.3, -0.25) is 4.79 Å². The third-order valence-electron chi connectivity index (χ3n) is 5.70. The second-order valence-electron chi connectivity index (χ2n) is 7.65. The van der Waals surface area contributed by atoms with E-state index in [2.05, 4.69) is 15.1 Å². The lowest BCUT2D eigenvalue weighted by Crippen LogP contribution is -2.50. The van der Waals surface area contributed by atoms with Crippen LogP contribution >= 0.6 is 0 Å². The van der Waals surface area contributed by atoms with Crippen LogP contribution in [0.2, 0.25) is 0 Å². The predicted molar refractivity (Wildman–Crippen MR) is 121 cm³/mol. The maximum absolute atomic E-state index is 12.6. The van der Waals surface area contributed by atoms with Crippen molar-refractivity contribution in [3.8, 4) is 34.3 Å². The van der Waals surface area contributed by atoms with Crippen molar-refractivity contribution in [3.05, 3.63) is 54.6 Å². The molecule has 1 amide bonds. The van der Waals surface area contributed by atoms with Gasteiger partial charge in [-0.1, -0.05) is 12.1 Å². The fraction of sp³-hybridized carbons (Fsp3) is 0.292. The van der Waals surface area contributed by atoms with Crippen LogP contribution < -0.4 is 23.8 Å². The van der Waals surface area contributed by atoms with Gasteiger partial charge >= 0.3 is 0 Å². The third-order valence-corrected chi connectivity index (χ3v) is 5.70. The fourth-order valence-corrected chi connectivity index (χ4v) is 3.86. The summed E-state index contributed by atoms with van der Waals surface area (Å²) >= 11 is 0. The number of methoxy groups -OCH3 is 1. The summed E-state index contributed by atoms with van der Waals surface area (Å²) in [6.45, 7) is 2.77. The van der Waals surface area contributed by atoms with Gasteiger partial charge in [-0.05, 0) is 42.5 Å². The molecule has 170 valence electrons. The van der Waals surface area contributed by atoms with E-state index in [0.29, 0.717) is 43.4 Å². The van der Waals surface area contributed by atoms with Crippen molar-refractivity contribution in [2.45, 2.75) is 0 Å². The molecule has 1 aromatic heterocycles. The summed E-state index contributed by atoms with van der Waals surface area (Å²) in [6, 6.07) is 16.9. The molecule has 0 bridgehead atoms. The standard InChI is InChI=1S/C24H24N4O5/c1-30-19-4-2-3-5-20(19)31-15-24(29)28-12-10-27(11-13-28)23-9-7-18(25-26-23)17-6-8-21-22(14-17)33-16-32-21/h2-9,14H,10-13,15-16H2,1H3. The first kappa shape index (κ1) is 20.9. The van der Waals surface area contributed by atoms with Gasteiger partial charge in [0.2, 0.25) is 6.79 Å². The molecule has 0 saturated carbocycles. The quantitative estimate of drug-likeness (QED) is 0.569. The monoisotopic (exact) mass is 448 g/mol. The summed E-state index contributed by atoms with van der Waals surface area (Å²) in [7, 11) is 1.58. The first-order valence-electron chi connectivity index (χ1n) is 10.7. The average molecular weight is 448 g/mol. The van der Waals surface area contributed by atoms with Gasteiger partial charge in [0.25, 0.3) is 5.91 Å². The van der Waals surface area contributed by atoms with Gasteiger partial charge in [0, 0.05) is 31.7 Å². The van der Waals surface area contributed by atoms with Crippen molar-refractivity contribution in [2.24, 2.45) is 0 Å². The molecule has 5 rings (SSSR count). The summed E-state index contributed by atoms with van der Waals surface area (Å²) in [5, 5.41) is 8.78. The zero-order valence-electron chi connectivity index (χ0n) is 18.3. The van der Waals surface area contributed by atoms with E-state index in [1.807, 2.05) is 42.5 Å². The van der Waals surface area contributed by atoms with Crippen molar-refractivity contribution in [2.75, 3.05) is 51.6 Å². The lowest BCUT2D eigenvalue weighted by Gasteiger charge is -2.35. The first-order valence-corrected chi connectivity index (χ1v) is 10.7. The highest BCUT2D eigenvalue weighted by molar-refractivity contribution is 5.78. The highest BCUT2D eigenvalue weighted by atomic mass is 16.7. The van der Waals surface area contributed by atoms with E-state index >= 15 is 0 Å². The third kappa shape index (κ3) is 4.48. The maximum atomic E-state index is 12.6. The number of fused-ring (bicyclic) bond motifs is 1. The largest absolute Gasteiger partial charge is 0.493 e. The Balaban J connectivity index is 1.15. The number of hydrogen-bond donors (Lipinski definition) is 0. The molecule has 0 spiro atoms. The Labute approximate surface area is 191 Å². The number of piperazine rings is 1. The van der Waals surface area contributed by atoms with E-state index in [-0.39, 0.29) is 19.3 Å². The van der Waals surface area contributed by atoms with Crippen LogP contribution in [0.25, 0.3) is 11.3 Å². The van der Waals surface area contributed by atoms with E-state index in [1.54, 1.807) is 24.1 Å². The summed E-state index contributed by atoms with van der Waals surface area (Å²) < 4.78 is 21.7. The van der Waals surface area contributed by atoms with Crippen LogP contribution in [0.4, 0.5) is 5.82 Å². The van der Waals surface area contributed by atoms with Gasteiger partial charge in [-0.15, -0.1) is 10.2 Å². The molecule has 2 aromatic carbocycles. The zero-order valence-corrected chi connectivity index (χ0v) is 18.3. The fourth-order valence-electron chi connectivity index (χ4n) is 3.86. The molecule has 0 unspecified atom stereocenters. The lowest BCUT2D eigenvalue weighted by molar-refractivity contribution is -0.133. The topological polar surface area (TPSA) is 86.3 Å². The van der Waals surface area contributed by atoms with Gasteiger partial charge in [-0.2, -0.15) is 0 Å². The normalized spacial score (nSPS) is 14.8. The van der Waals surface area contributed by atoms with Crippen LogP contribution in [-0.4, -0.2) is 67.7 Å². The predicted octanol–water partition coefficient (Wildman–Crippen LogP) is 2.61. The molecule has 9 nitrogen and oxygen atoms in total. The van der Waals surface area contributed by atoms with Crippen LogP contribution in [0.15, 0.2) is 54.6 Å². The number of rotatable bonds is 6. The molecule has 1 saturated heterocycles. The van der Waals surface area contributed by atoms with Crippen molar-refractivity contribution < 1.29 is 23.7 Å². The molecule has 0 radical (unpaired) electrons. The molecule has 0 N–H and O–H groups in total. The molecule has 1 fully saturated rings. The minimum Gasteiger partial charge on any atom is -0.493 e. The van der Waals surface area contributed by atoms with Crippen molar-refractivity contribution in [1.82, 2.24) is 15.1 Å². The van der Waals surface area contributed by atoms with E-state index in [4.69, 9.17) is 18.9 Å². The minimum absolute atomic E-state index is 0.0234. The molecule has 2 aliphatic rings. The minimum atomic E-state index is -0.0511. The Hall–Kier alpha value is -4.01. The van der Waals surface area contributed by atoms with Crippen LogP contribution in [-0.2, 0) is 4.79 Å². The summed E-state index contributed by atoms with van der Waals surface area (Å²) in [5.41, 5.74) is 1.68. The summed E-state index contributed by atoms with van der Waals surface area (Å²) in [6.07, 6.45) is 0. The smallest absolute Gasteiger partial charge is 0.260 e. The van der Waals surface area contributed by atoms with E-state index in [9.17, 15) is 4.79 Å². The van der Waals surface area contributed by atoms with Gasteiger partial charge in [0.15, 0.2) is 35.4 Å². The number of carbonyl (C=O) groups is 1. The Morgan fingerprint density at radius 2 is 1.73 bits per heavy atom. The number of anilines is 1. The molecular weight excluding hydrogens is 424 g/mol. The van der Waals surface area contributed by atoms with Gasteiger partial charge in [0.1, 0.15) is 0 Å². The molecule has 3 heterocycles. The van der Waals surface area contributed by atoms with E-state index in [0.717, 1.165) is 22.8 Å². The SMILES string of the molecule is COc1ccccc1OCC(=O)N1CCN(c2ccc(-c3ccc4c(c3)OCO4)nn2)CC1. The van der Waals surface area contributed by atoms with Crippen LogP contribution in [0.3, 0.4) is 0 Å². The lowest BCUT2D eigenvalue weighted by atomic mass is 10.1. The molecule has 0 aliphatic carbocycles. The van der Waals surface area contributed by atoms with E-state index < -0.39 is 0 Å². The van der Waals surface area contributed by atoms with Crippen molar-refractivity contribution >= 4 is 11.7 Å². The number of nitrogens with zero attached hydrogens (tertiary/aromatic N) is 4.